The Morgan fingerprint density at radius 2 is 1.03 bits per heavy atom. The van der Waals surface area contributed by atoms with Crippen molar-refractivity contribution in [3.8, 4) is 39.0 Å². The quantitative estimate of drug-likeness (QED) is 0.217. The largest absolute Gasteiger partial charge is 0.696 e. The first-order valence-electron chi connectivity index (χ1n) is 10.0. The van der Waals surface area contributed by atoms with Gasteiger partial charge in [0.2, 0.25) is 11.4 Å². The average Bonchev–Trinajstić information content (AvgIpc) is 2.81. The number of hydrogen-bond acceptors (Lipinski definition) is 2. The zero-order valence-electron chi connectivity index (χ0n) is 17.0. The Morgan fingerprint density at radius 1 is 0.667 bits per heavy atom. The molecule has 0 saturated carbocycles. The number of rotatable bonds is 5. The van der Waals surface area contributed by atoms with Crippen LogP contribution >= 0.6 is 0 Å². The van der Waals surface area contributed by atoms with Gasteiger partial charge in [-0.1, -0.05) is 79.1 Å². The third-order valence-electron chi connectivity index (χ3n) is 4.86. The zero-order chi connectivity index (χ0) is 21.2. The molecule has 0 bridgehead atoms. The predicted octanol–water partition coefficient (Wildman–Crippen LogP) is 6.40. The highest BCUT2D eigenvalue weighted by Crippen LogP contribution is 2.29. The van der Waals surface area contributed by atoms with E-state index in [0.717, 1.165) is 13.0 Å². The van der Waals surface area contributed by atoms with Crippen LogP contribution in [0.5, 0.6) is 0 Å². The standard InChI is InChI=1S/C26H24N.CHNS/c1-2-18-27-25(22-14-8-4-9-15-22)19-24(21-12-6-3-7-13-21)20-26(27)23-16-10-5-11-17-23;2-1-3/h3-17,19-20H,2,18H2,1H3;3H/q+1;/p-1. The Hall–Kier alpha value is -3.48. The van der Waals surface area contributed by atoms with E-state index in [1.807, 2.05) is 0 Å². The second-order valence-electron chi connectivity index (χ2n) is 6.86. The summed E-state index contributed by atoms with van der Waals surface area (Å²) in [4.78, 5) is 0. The van der Waals surface area contributed by atoms with Crippen molar-refractivity contribution in [1.82, 2.24) is 0 Å². The molecule has 148 valence electrons. The van der Waals surface area contributed by atoms with Gasteiger partial charge in [-0.05, 0) is 35.4 Å². The van der Waals surface area contributed by atoms with Crippen LogP contribution in [0, 0.1) is 10.7 Å². The van der Waals surface area contributed by atoms with Crippen molar-refractivity contribution in [2.75, 3.05) is 0 Å². The van der Waals surface area contributed by atoms with Crippen LogP contribution in [0.1, 0.15) is 13.3 Å². The van der Waals surface area contributed by atoms with E-state index < -0.39 is 0 Å². The molecule has 0 aliphatic heterocycles. The molecule has 1 aromatic heterocycles. The highest BCUT2D eigenvalue weighted by molar-refractivity contribution is 7.64. The van der Waals surface area contributed by atoms with E-state index in [9.17, 15) is 0 Å². The van der Waals surface area contributed by atoms with Gasteiger partial charge in [0.05, 0.1) is 0 Å². The minimum absolute atomic E-state index is 0.990. The van der Waals surface area contributed by atoms with Gasteiger partial charge < -0.3 is 12.6 Å². The van der Waals surface area contributed by atoms with Crippen molar-refractivity contribution in [1.29, 1.82) is 5.26 Å². The second kappa shape index (κ2) is 10.9. The summed E-state index contributed by atoms with van der Waals surface area (Å²) in [5.74, 6) is 0. The van der Waals surface area contributed by atoms with Gasteiger partial charge in [-0.3, -0.25) is 0 Å². The molecule has 30 heavy (non-hydrogen) atoms. The van der Waals surface area contributed by atoms with Crippen LogP contribution in [0.3, 0.4) is 0 Å². The smallest absolute Gasteiger partial charge is 0.213 e. The summed E-state index contributed by atoms with van der Waals surface area (Å²) < 4.78 is 2.46. The molecule has 3 heteroatoms. The summed E-state index contributed by atoms with van der Waals surface area (Å²) in [6, 6.07) is 36.7. The number of benzene rings is 3. The van der Waals surface area contributed by atoms with Crippen molar-refractivity contribution in [3.05, 3.63) is 103 Å². The number of aromatic nitrogens is 1. The fourth-order valence-corrected chi connectivity index (χ4v) is 3.58. The van der Waals surface area contributed by atoms with Gasteiger partial charge in [-0.15, -0.1) is 0 Å². The molecular weight excluding hydrogens is 384 g/mol. The second-order valence-corrected chi connectivity index (χ2v) is 7.04. The van der Waals surface area contributed by atoms with E-state index in [1.54, 1.807) is 0 Å². The molecule has 0 fully saturated rings. The normalized spacial score (nSPS) is 9.87. The van der Waals surface area contributed by atoms with Gasteiger partial charge in [-0.2, -0.15) is 4.57 Å². The van der Waals surface area contributed by atoms with Gasteiger partial charge in [-0.25, -0.2) is 5.26 Å². The molecule has 0 N–H and O–H groups in total. The molecule has 0 aliphatic rings. The molecule has 3 aromatic carbocycles. The molecule has 4 rings (SSSR count). The number of pyridine rings is 1. The first-order chi connectivity index (χ1) is 14.8. The third kappa shape index (κ3) is 5.11. The topological polar surface area (TPSA) is 27.7 Å². The Labute approximate surface area is 184 Å². The molecule has 0 aliphatic carbocycles. The van der Waals surface area contributed by atoms with Gasteiger partial charge in [0.15, 0.2) is 0 Å². The van der Waals surface area contributed by atoms with Gasteiger partial charge in [0.25, 0.3) is 0 Å². The zero-order valence-corrected chi connectivity index (χ0v) is 17.8. The summed E-state index contributed by atoms with van der Waals surface area (Å²) >= 11 is 3.70. The van der Waals surface area contributed by atoms with Gasteiger partial charge >= 0.3 is 0 Å². The molecular formula is C27H24N2S. The van der Waals surface area contributed by atoms with Crippen molar-refractivity contribution >= 4 is 12.6 Å². The first kappa shape index (κ1) is 21.2. The van der Waals surface area contributed by atoms with E-state index in [1.165, 1.54) is 39.0 Å². The van der Waals surface area contributed by atoms with E-state index >= 15 is 0 Å². The summed E-state index contributed by atoms with van der Waals surface area (Å²) in [5, 5.41) is 8.47. The lowest BCUT2D eigenvalue weighted by Crippen LogP contribution is -2.38. The molecule has 0 radical (unpaired) electrons. The van der Waals surface area contributed by atoms with Crippen molar-refractivity contribution in [2.24, 2.45) is 0 Å². The van der Waals surface area contributed by atoms with Crippen LogP contribution in [-0.4, -0.2) is 0 Å². The molecule has 0 unspecified atom stereocenters. The molecule has 4 aromatic rings. The fourth-order valence-electron chi connectivity index (χ4n) is 3.58. The number of hydrogen-bond donors (Lipinski definition) is 0. The van der Waals surface area contributed by atoms with Crippen LogP contribution in [0.2, 0.25) is 0 Å². The lowest BCUT2D eigenvalue weighted by molar-refractivity contribution is -0.675. The maximum absolute atomic E-state index is 7.13. The van der Waals surface area contributed by atoms with Crippen LogP contribution in [0.4, 0.5) is 0 Å². The van der Waals surface area contributed by atoms with E-state index in [0.29, 0.717) is 0 Å². The Morgan fingerprint density at radius 3 is 1.40 bits per heavy atom. The summed E-state index contributed by atoms with van der Waals surface area (Å²) in [6.45, 7) is 3.23. The Kier molecular flexibility index (Phi) is 7.71. The highest BCUT2D eigenvalue weighted by atomic mass is 32.1. The summed E-state index contributed by atoms with van der Waals surface area (Å²) in [6.07, 6.45) is 1.09. The maximum atomic E-state index is 7.13. The van der Waals surface area contributed by atoms with Crippen molar-refractivity contribution in [2.45, 2.75) is 19.9 Å². The maximum Gasteiger partial charge on any atom is 0.213 e. The van der Waals surface area contributed by atoms with E-state index in [4.69, 9.17) is 5.26 Å². The van der Waals surface area contributed by atoms with Gasteiger partial charge in [0, 0.05) is 29.7 Å². The number of thiocyanates is 1. The Balaban J connectivity index is 0.000000806. The fraction of sp³-hybridized carbons (Fsp3) is 0.111. The van der Waals surface area contributed by atoms with Crippen LogP contribution in [0.15, 0.2) is 103 Å². The SMILES string of the molecule is CCC[n+]1c(-c2ccccc2)cc(-c2ccccc2)cc1-c1ccccc1.N#C[S-]. The minimum Gasteiger partial charge on any atom is -0.696 e. The van der Waals surface area contributed by atoms with E-state index in [-0.39, 0.29) is 0 Å². The van der Waals surface area contributed by atoms with Gasteiger partial charge in [0.1, 0.15) is 6.54 Å². The molecule has 0 saturated heterocycles. The Bertz CT molecular complexity index is 1040. The number of nitriles is 1. The average molecular weight is 409 g/mol. The highest BCUT2D eigenvalue weighted by Gasteiger charge is 2.21. The summed E-state index contributed by atoms with van der Waals surface area (Å²) in [7, 11) is 0. The lowest BCUT2D eigenvalue weighted by atomic mass is 9.99. The molecule has 0 spiro atoms. The predicted molar refractivity (Wildman–Crippen MR) is 126 cm³/mol. The minimum atomic E-state index is 0.990. The van der Waals surface area contributed by atoms with E-state index in [2.05, 4.69) is 127 Å². The first-order valence-corrected chi connectivity index (χ1v) is 10.4. The van der Waals surface area contributed by atoms with Crippen LogP contribution < -0.4 is 4.57 Å². The molecule has 0 amide bonds. The molecule has 0 atom stereocenters. The molecule has 2 nitrogen and oxygen atoms in total. The third-order valence-corrected chi connectivity index (χ3v) is 4.86. The van der Waals surface area contributed by atoms with Crippen molar-refractivity contribution in [3.63, 3.8) is 0 Å². The summed E-state index contributed by atoms with van der Waals surface area (Å²) in [5.41, 5.74) is 7.52. The van der Waals surface area contributed by atoms with Crippen LogP contribution in [0.25, 0.3) is 33.6 Å². The van der Waals surface area contributed by atoms with Crippen LogP contribution in [-0.2, 0) is 19.2 Å². The molecule has 1 heterocycles. The number of nitrogens with zero attached hydrogens (tertiary/aromatic N) is 2. The monoisotopic (exact) mass is 408 g/mol. The lowest BCUT2D eigenvalue weighted by Gasteiger charge is -2.12. The van der Waals surface area contributed by atoms with Crippen molar-refractivity contribution < 1.29 is 4.57 Å².